The fourth-order valence-electron chi connectivity index (χ4n) is 3.73. The molecule has 1 atom stereocenters. The number of nitrogens with zero attached hydrogens (tertiary/aromatic N) is 2. The second kappa shape index (κ2) is 6.42. The van der Waals surface area contributed by atoms with Gasteiger partial charge in [0.05, 0.1) is 29.2 Å². The van der Waals surface area contributed by atoms with Crippen LogP contribution in [0.2, 0.25) is 0 Å². The first-order valence-corrected chi connectivity index (χ1v) is 9.20. The van der Waals surface area contributed by atoms with Gasteiger partial charge in [-0.15, -0.1) is 0 Å². The van der Waals surface area contributed by atoms with Crippen molar-refractivity contribution in [1.29, 1.82) is 0 Å². The Morgan fingerprint density at radius 1 is 1.48 bits per heavy atom. The van der Waals surface area contributed by atoms with Crippen LogP contribution in [0.15, 0.2) is 29.0 Å². The summed E-state index contributed by atoms with van der Waals surface area (Å²) in [5.74, 6) is -0.337. The first-order valence-electron chi connectivity index (χ1n) is 8.41. The van der Waals surface area contributed by atoms with Crippen LogP contribution in [0.4, 0.5) is 0 Å². The molecule has 0 bridgehead atoms. The summed E-state index contributed by atoms with van der Waals surface area (Å²) in [5.41, 5.74) is 0.847. The lowest BCUT2D eigenvalue weighted by Gasteiger charge is -2.29. The Hall–Kier alpha value is -1.93. The normalized spacial score (nSPS) is 22.3. The van der Waals surface area contributed by atoms with Crippen LogP contribution in [-0.4, -0.2) is 47.2 Å². The average molecular weight is 407 g/mol. The molecule has 4 rings (SSSR count). The zero-order valence-corrected chi connectivity index (χ0v) is 15.2. The fourth-order valence-corrected chi connectivity index (χ4v) is 4.28. The van der Waals surface area contributed by atoms with Crippen molar-refractivity contribution < 1.29 is 14.3 Å². The number of aromatic nitrogens is 2. The Labute approximate surface area is 153 Å². The van der Waals surface area contributed by atoms with E-state index in [1.165, 1.54) is 0 Å². The summed E-state index contributed by atoms with van der Waals surface area (Å²) in [6.07, 6.45) is 5.35. The number of hydrogen-bond donors (Lipinski definition) is 2. The van der Waals surface area contributed by atoms with Gasteiger partial charge in [-0.3, -0.25) is 9.59 Å². The highest BCUT2D eigenvalue weighted by Gasteiger charge is 2.49. The smallest absolute Gasteiger partial charge is 0.312 e. The molecule has 0 radical (unpaired) electrons. The number of halogens is 1. The van der Waals surface area contributed by atoms with Gasteiger partial charge in [0, 0.05) is 17.1 Å². The lowest BCUT2D eigenvalue weighted by molar-refractivity contribution is -0.149. The third-order valence-corrected chi connectivity index (χ3v) is 5.75. The van der Waals surface area contributed by atoms with Gasteiger partial charge in [0.2, 0.25) is 0 Å². The van der Waals surface area contributed by atoms with Gasteiger partial charge in [-0.25, -0.2) is 4.52 Å². The van der Waals surface area contributed by atoms with E-state index in [9.17, 15) is 9.59 Å². The number of rotatable bonds is 3. The summed E-state index contributed by atoms with van der Waals surface area (Å²) in [4.78, 5) is 24.8. The van der Waals surface area contributed by atoms with Crippen LogP contribution in [0.3, 0.4) is 0 Å². The van der Waals surface area contributed by atoms with Crippen LogP contribution >= 0.6 is 15.9 Å². The van der Waals surface area contributed by atoms with Gasteiger partial charge in [-0.2, -0.15) is 5.10 Å². The van der Waals surface area contributed by atoms with Gasteiger partial charge in [-0.05, 0) is 54.0 Å². The Morgan fingerprint density at radius 3 is 3.08 bits per heavy atom. The van der Waals surface area contributed by atoms with Crippen LogP contribution in [0.1, 0.15) is 29.6 Å². The number of fused-ring (bicyclic) bond motifs is 1. The molecule has 2 N–H and O–H groups in total. The average Bonchev–Trinajstić information content (AvgIpc) is 3.17. The summed E-state index contributed by atoms with van der Waals surface area (Å²) in [7, 11) is 0. The summed E-state index contributed by atoms with van der Waals surface area (Å²) in [5, 5.41) is 10.3. The Kier molecular flexibility index (Phi) is 4.24. The lowest BCUT2D eigenvalue weighted by Crippen LogP contribution is -2.39. The molecular formula is C17H19BrN4O3. The highest BCUT2D eigenvalue weighted by molar-refractivity contribution is 9.10. The number of cyclic esters (lactones) is 1. The van der Waals surface area contributed by atoms with Gasteiger partial charge in [0.25, 0.3) is 5.91 Å². The second-order valence-corrected chi connectivity index (χ2v) is 7.53. The van der Waals surface area contributed by atoms with E-state index in [0.29, 0.717) is 18.5 Å². The minimum Gasteiger partial charge on any atom is -0.460 e. The molecule has 2 saturated heterocycles. The summed E-state index contributed by atoms with van der Waals surface area (Å²) in [6.45, 7) is 2.00. The number of piperidine rings is 1. The number of esters is 1. The molecule has 132 valence electrons. The minimum absolute atomic E-state index is 0.119. The standard InChI is InChI=1S/C17H19BrN4O3/c18-13-2-1-7-22-14(13)12(10-21-22)15(23)20-9-11-8-17(16(24)25-11)3-5-19-6-4-17/h1-2,7,10-11,19H,3-6,8-9H2,(H,20,23). The zero-order chi connectivity index (χ0) is 17.4. The molecule has 1 unspecified atom stereocenters. The van der Waals surface area contributed by atoms with E-state index >= 15 is 0 Å². The van der Waals surface area contributed by atoms with Crippen LogP contribution < -0.4 is 10.6 Å². The maximum Gasteiger partial charge on any atom is 0.312 e. The fraction of sp³-hybridized carbons (Fsp3) is 0.471. The van der Waals surface area contributed by atoms with Crippen LogP contribution in [0.5, 0.6) is 0 Å². The minimum atomic E-state index is -0.367. The molecule has 1 spiro atoms. The number of carbonyl (C=O) groups is 2. The van der Waals surface area contributed by atoms with E-state index in [2.05, 4.69) is 31.7 Å². The molecular weight excluding hydrogens is 388 g/mol. The van der Waals surface area contributed by atoms with Crippen molar-refractivity contribution in [1.82, 2.24) is 20.2 Å². The topological polar surface area (TPSA) is 84.7 Å². The Balaban J connectivity index is 1.43. The molecule has 2 aliphatic rings. The number of hydrogen-bond acceptors (Lipinski definition) is 5. The summed E-state index contributed by atoms with van der Waals surface area (Å²) in [6, 6.07) is 3.72. The van der Waals surface area contributed by atoms with Gasteiger partial charge in [0.15, 0.2) is 0 Å². The molecule has 4 heterocycles. The molecule has 1 amide bonds. The van der Waals surface area contributed by atoms with E-state index in [4.69, 9.17) is 4.74 Å². The molecule has 2 aliphatic heterocycles. The monoisotopic (exact) mass is 406 g/mol. The first kappa shape index (κ1) is 16.5. The van der Waals surface area contributed by atoms with Crippen LogP contribution in [-0.2, 0) is 9.53 Å². The zero-order valence-electron chi connectivity index (χ0n) is 13.6. The van der Waals surface area contributed by atoms with Crippen molar-refractivity contribution in [3.8, 4) is 0 Å². The number of nitrogens with one attached hydrogen (secondary N) is 2. The SMILES string of the molecule is O=C(NCC1CC2(CCNCC2)C(=O)O1)c1cnn2cccc(Br)c12. The molecule has 7 nitrogen and oxygen atoms in total. The van der Waals surface area contributed by atoms with E-state index in [1.807, 2.05) is 12.1 Å². The van der Waals surface area contributed by atoms with E-state index in [-0.39, 0.29) is 23.4 Å². The molecule has 25 heavy (non-hydrogen) atoms. The molecule has 2 aromatic heterocycles. The van der Waals surface area contributed by atoms with Crippen molar-refractivity contribution in [2.24, 2.45) is 5.41 Å². The largest absolute Gasteiger partial charge is 0.460 e. The molecule has 0 aliphatic carbocycles. The second-order valence-electron chi connectivity index (χ2n) is 6.68. The van der Waals surface area contributed by atoms with Crippen molar-refractivity contribution >= 4 is 33.3 Å². The van der Waals surface area contributed by atoms with Gasteiger partial charge in [0.1, 0.15) is 6.10 Å². The first-order chi connectivity index (χ1) is 12.1. The predicted octanol–water partition coefficient (Wildman–Crippen LogP) is 1.51. The van der Waals surface area contributed by atoms with Crippen molar-refractivity contribution in [3.63, 3.8) is 0 Å². The quantitative estimate of drug-likeness (QED) is 0.754. The van der Waals surface area contributed by atoms with E-state index in [1.54, 1.807) is 16.9 Å². The molecule has 8 heteroatoms. The number of pyridine rings is 1. The van der Waals surface area contributed by atoms with Crippen molar-refractivity contribution in [2.45, 2.75) is 25.4 Å². The Bertz CT molecular complexity index is 828. The Morgan fingerprint density at radius 2 is 2.28 bits per heavy atom. The summed E-state index contributed by atoms with van der Waals surface area (Å²) < 4.78 is 7.98. The maximum atomic E-state index is 12.5. The number of ether oxygens (including phenoxy) is 1. The van der Waals surface area contributed by atoms with Crippen LogP contribution in [0, 0.1) is 5.41 Å². The lowest BCUT2D eigenvalue weighted by atomic mass is 9.76. The van der Waals surface area contributed by atoms with E-state index in [0.717, 1.165) is 35.9 Å². The number of amides is 1. The third kappa shape index (κ3) is 2.93. The van der Waals surface area contributed by atoms with Gasteiger partial charge < -0.3 is 15.4 Å². The molecule has 0 aromatic carbocycles. The van der Waals surface area contributed by atoms with Gasteiger partial charge in [-0.1, -0.05) is 0 Å². The maximum absolute atomic E-state index is 12.5. The van der Waals surface area contributed by atoms with Crippen LogP contribution in [0.25, 0.3) is 5.52 Å². The highest BCUT2D eigenvalue weighted by Crippen LogP contribution is 2.41. The third-order valence-electron chi connectivity index (χ3n) is 5.11. The summed E-state index contributed by atoms with van der Waals surface area (Å²) >= 11 is 3.45. The highest BCUT2D eigenvalue weighted by atomic mass is 79.9. The molecule has 2 aromatic rings. The number of carbonyl (C=O) groups excluding carboxylic acids is 2. The van der Waals surface area contributed by atoms with Gasteiger partial charge >= 0.3 is 5.97 Å². The predicted molar refractivity (Wildman–Crippen MR) is 94.3 cm³/mol. The van der Waals surface area contributed by atoms with Crippen molar-refractivity contribution in [2.75, 3.05) is 19.6 Å². The van der Waals surface area contributed by atoms with Crippen molar-refractivity contribution in [3.05, 3.63) is 34.6 Å². The molecule has 0 saturated carbocycles. The van der Waals surface area contributed by atoms with E-state index < -0.39 is 0 Å². The molecule has 2 fully saturated rings.